The topological polar surface area (TPSA) is 39.2 Å². The zero-order valence-corrected chi connectivity index (χ0v) is 21.3. The number of ether oxygens (including phenoxy) is 1. The lowest BCUT2D eigenvalue weighted by molar-refractivity contribution is -0.137. The minimum Gasteiger partial charge on any atom is -0.463 e. The van der Waals surface area contributed by atoms with Crippen LogP contribution in [0, 0.1) is 0 Å². The predicted molar refractivity (Wildman–Crippen MR) is 145 cm³/mol. The maximum atomic E-state index is 12.2. The first-order valence-corrected chi connectivity index (χ1v) is 13.7. The fourth-order valence-corrected chi connectivity index (χ4v) is 10.6. The monoisotopic (exact) mass is 465 g/mol. The van der Waals surface area contributed by atoms with E-state index < -0.39 is 8.07 Å². The Morgan fingerprint density at radius 3 is 2.26 bits per heavy atom. The molecule has 4 heteroatoms. The van der Waals surface area contributed by atoms with Crippen LogP contribution < -0.4 is 15.7 Å². The van der Waals surface area contributed by atoms with E-state index in [1.165, 1.54) is 21.8 Å². The number of esters is 1. The Hall–Kier alpha value is -3.50. The van der Waals surface area contributed by atoms with Crippen LogP contribution in [0.15, 0.2) is 97.2 Å². The van der Waals surface area contributed by atoms with Crippen molar-refractivity contribution in [3.63, 3.8) is 0 Å². The minimum atomic E-state index is -2.69. The number of pyridine rings is 1. The Morgan fingerprint density at radius 2 is 1.56 bits per heavy atom. The molecule has 0 unspecified atom stereocenters. The Labute approximate surface area is 203 Å². The number of carbonyl (C=O) groups excluding carboxylic acids is 1. The van der Waals surface area contributed by atoms with Gasteiger partial charge in [0.05, 0.1) is 6.61 Å². The van der Waals surface area contributed by atoms with Gasteiger partial charge in [-0.25, -0.2) is 4.79 Å². The Balaban J connectivity index is 2.06. The number of fused-ring (bicyclic) bond motifs is 1. The van der Waals surface area contributed by atoms with Crippen LogP contribution in [0.3, 0.4) is 0 Å². The largest absolute Gasteiger partial charge is 0.463 e. The van der Waals surface area contributed by atoms with Gasteiger partial charge in [-0.05, 0) is 50.8 Å². The molecule has 0 spiro atoms. The molecule has 1 atom stereocenters. The summed E-state index contributed by atoms with van der Waals surface area (Å²) in [4.78, 5) is 17.3. The van der Waals surface area contributed by atoms with Gasteiger partial charge in [-0.15, -0.1) is 0 Å². The number of hydrogen-bond acceptors (Lipinski definition) is 3. The van der Waals surface area contributed by atoms with Crippen LogP contribution in [0.5, 0.6) is 0 Å². The molecule has 34 heavy (non-hydrogen) atoms. The van der Waals surface area contributed by atoms with Crippen molar-refractivity contribution >= 4 is 46.6 Å². The molecule has 0 amide bonds. The highest BCUT2D eigenvalue weighted by Crippen LogP contribution is 2.36. The van der Waals surface area contributed by atoms with Crippen molar-refractivity contribution in [3.05, 3.63) is 103 Å². The SMILES string of the molecule is CCOC(=O)/C=C/c1ccccc1[Si@](c1ccccc1)(c1cc2ccccc2cn1)C(C)(C)C. The summed E-state index contributed by atoms with van der Waals surface area (Å²) >= 11 is 0. The van der Waals surface area contributed by atoms with Crippen molar-refractivity contribution in [1.82, 2.24) is 4.98 Å². The third kappa shape index (κ3) is 4.34. The van der Waals surface area contributed by atoms with Gasteiger partial charge in [-0.3, -0.25) is 4.98 Å². The highest BCUT2D eigenvalue weighted by atomic mass is 28.3. The van der Waals surface area contributed by atoms with Gasteiger partial charge in [0.15, 0.2) is 8.07 Å². The molecule has 172 valence electrons. The van der Waals surface area contributed by atoms with E-state index in [1.54, 1.807) is 0 Å². The standard InChI is InChI=1S/C30H31NO2Si/c1-5-33-29(32)20-19-23-13-11-12-18-27(23)34(30(2,3)4,26-16-7-6-8-17-26)28-21-24-14-9-10-15-25(24)22-31-28/h6-22H,5H2,1-4H3/b20-19+/t34-/m1/s1. The van der Waals surface area contributed by atoms with Crippen molar-refractivity contribution in [2.45, 2.75) is 32.7 Å². The van der Waals surface area contributed by atoms with Gasteiger partial charge in [0.25, 0.3) is 0 Å². The first-order valence-electron chi connectivity index (χ1n) is 11.7. The van der Waals surface area contributed by atoms with Gasteiger partial charge >= 0.3 is 5.97 Å². The van der Waals surface area contributed by atoms with Crippen molar-refractivity contribution in [3.8, 4) is 0 Å². The predicted octanol–water partition coefficient (Wildman–Crippen LogP) is 5.08. The molecular weight excluding hydrogens is 434 g/mol. The molecule has 4 aromatic rings. The third-order valence-corrected chi connectivity index (χ3v) is 12.2. The number of benzene rings is 3. The number of rotatable bonds is 6. The lowest BCUT2D eigenvalue weighted by atomic mass is 10.2. The molecule has 0 aliphatic carbocycles. The zero-order chi connectivity index (χ0) is 24.2. The molecule has 0 aliphatic heterocycles. The van der Waals surface area contributed by atoms with Crippen LogP contribution >= 0.6 is 0 Å². The average Bonchev–Trinajstić information content (AvgIpc) is 2.84. The smallest absolute Gasteiger partial charge is 0.330 e. The minimum absolute atomic E-state index is 0.113. The summed E-state index contributed by atoms with van der Waals surface area (Å²) in [6.07, 6.45) is 5.42. The lowest BCUT2D eigenvalue weighted by Gasteiger charge is -2.44. The van der Waals surface area contributed by atoms with Gasteiger partial charge in [-0.2, -0.15) is 0 Å². The van der Waals surface area contributed by atoms with E-state index in [9.17, 15) is 4.79 Å². The molecule has 0 aliphatic rings. The maximum absolute atomic E-state index is 12.2. The van der Waals surface area contributed by atoms with E-state index in [-0.39, 0.29) is 11.0 Å². The quantitative estimate of drug-likeness (QED) is 0.226. The highest BCUT2D eigenvalue weighted by Gasteiger charge is 2.51. The average molecular weight is 466 g/mol. The summed E-state index contributed by atoms with van der Waals surface area (Å²) in [5.74, 6) is -0.330. The highest BCUT2D eigenvalue weighted by molar-refractivity contribution is 7.13. The van der Waals surface area contributed by atoms with Gasteiger partial charge in [0, 0.05) is 17.6 Å². The molecule has 3 nitrogen and oxygen atoms in total. The molecule has 0 saturated carbocycles. The van der Waals surface area contributed by atoms with E-state index in [0.29, 0.717) is 6.61 Å². The van der Waals surface area contributed by atoms with Gasteiger partial charge < -0.3 is 4.74 Å². The molecule has 1 heterocycles. The normalized spacial score (nSPS) is 13.6. The van der Waals surface area contributed by atoms with Gasteiger partial charge in [0.2, 0.25) is 0 Å². The van der Waals surface area contributed by atoms with E-state index in [1.807, 2.05) is 31.3 Å². The van der Waals surface area contributed by atoms with Crippen LogP contribution in [0.4, 0.5) is 0 Å². The van der Waals surface area contributed by atoms with Crippen molar-refractivity contribution in [2.75, 3.05) is 6.61 Å². The van der Waals surface area contributed by atoms with Crippen LogP contribution in [-0.2, 0) is 9.53 Å². The first-order chi connectivity index (χ1) is 16.4. The molecule has 0 N–H and O–H groups in total. The number of carbonyl (C=O) groups is 1. The second-order valence-electron chi connectivity index (χ2n) is 9.46. The Kier molecular flexibility index (Phi) is 6.80. The summed E-state index contributed by atoms with van der Waals surface area (Å²) < 4.78 is 5.15. The van der Waals surface area contributed by atoms with E-state index in [4.69, 9.17) is 9.72 Å². The van der Waals surface area contributed by atoms with E-state index in [0.717, 1.165) is 16.3 Å². The third-order valence-electron chi connectivity index (χ3n) is 6.40. The molecule has 3 aromatic carbocycles. The van der Waals surface area contributed by atoms with Crippen molar-refractivity contribution < 1.29 is 9.53 Å². The fraction of sp³-hybridized carbons (Fsp3) is 0.200. The molecule has 0 bridgehead atoms. The van der Waals surface area contributed by atoms with E-state index in [2.05, 4.69) is 93.6 Å². The Morgan fingerprint density at radius 1 is 0.912 bits per heavy atom. The summed E-state index contributed by atoms with van der Waals surface area (Å²) in [5.41, 5.74) is 1.02. The Bertz CT molecular complexity index is 1320. The van der Waals surface area contributed by atoms with Gasteiger partial charge in [-0.1, -0.05) is 99.6 Å². The molecular formula is C30H31NO2Si. The lowest BCUT2D eigenvalue weighted by Crippen LogP contribution is -2.73. The van der Waals surface area contributed by atoms with Crippen molar-refractivity contribution in [2.24, 2.45) is 0 Å². The van der Waals surface area contributed by atoms with Crippen LogP contribution in [-0.4, -0.2) is 25.6 Å². The second kappa shape index (κ2) is 9.78. The molecule has 0 radical (unpaired) electrons. The second-order valence-corrected chi connectivity index (χ2v) is 14.1. The molecule has 0 saturated heterocycles. The summed E-state index contributed by atoms with van der Waals surface area (Å²) in [7, 11) is -2.69. The number of nitrogens with zero attached hydrogens (tertiary/aromatic N) is 1. The van der Waals surface area contributed by atoms with Crippen LogP contribution in [0.1, 0.15) is 33.3 Å². The fourth-order valence-electron chi connectivity index (χ4n) is 4.97. The van der Waals surface area contributed by atoms with Crippen molar-refractivity contribution in [1.29, 1.82) is 0 Å². The summed E-state index contributed by atoms with van der Waals surface area (Å²) in [6.45, 7) is 9.12. The van der Waals surface area contributed by atoms with Crippen LogP contribution in [0.25, 0.3) is 16.8 Å². The summed E-state index contributed by atoms with van der Waals surface area (Å²) in [5, 5.41) is 5.84. The molecule has 1 aromatic heterocycles. The maximum Gasteiger partial charge on any atom is 0.330 e. The number of hydrogen-bond donors (Lipinski definition) is 0. The zero-order valence-electron chi connectivity index (χ0n) is 20.3. The summed E-state index contributed by atoms with van der Waals surface area (Å²) in [6, 6.07) is 29.8. The first kappa shape index (κ1) is 23.6. The van der Waals surface area contributed by atoms with E-state index >= 15 is 0 Å². The van der Waals surface area contributed by atoms with Gasteiger partial charge in [0.1, 0.15) is 0 Å². The molecule has 4 rings (SSSR count). The number of aromatic nitrogens is 1. The molecule has 0 fully saturated rings. The van der Waals surface area contributed by atoms with Crippen LogP contribution in [0.2, 0.25) is 5.04 Å².